The number of aryl methyl sites for hydroxylation is 2. The van der Waals surface area contributed by atoms with Crippen molar-refractivity contribution in [2.75, 3.05) is 20.3 Å². The Morgan fingerprint density at radius 3 is 2.90 bits per heavy atom. The van der Waals surface area contributed by atoms with Crippen LogP contribution >= 0.6 is 11.3 Å². The van der Waals surface area contributed by atoms with Gasteiger partial charge in [-0.1, -0.05) is 0 Å². The lowest BCUT2D eigenvalue weighted by atomic mass is 10.1. The first-order chi connectivity index (χ1) is 10.3. The molecule has 1 amide bonds. The summed E-state index contributed by atoms with van der Waals surface area (Å²) in [5, 5.41) is 5.81. The van der Waals surface area contributed by atoms with Crippen LogP contribution in [0, 0.1) is 0 Å². The standard InChI is InChI=1S/C15H19N3O2S/c1-20-9-8-17-14(19)10-13-11-21-15(18-13)3-2-12-4-6-16-7-5-12/h4-7,11H,2-3,8-10H2,1H3,(H,17,19). The van der Waals surface area contributed by atoms with Crippen molar-refractivity contribution < 1.29 is 9.53 Å². The predicted molar refractivity (Wildman–Crippen MR) is 82.3 cm³/mol. The van der Waals surface area contributed by atoms with Crippen LogP contribution < -0.4 is 5.32 Å². The van der Waals surface area contributed by atoms with Gasteiger partial charge in [-0.25, -0.2) is 4.98 Å². The first-order valence-corrected chi connectivity index (χ1v) is 7.73. The number of carbonyl (C=O) groups is 1. The number of nitrogens with zero attached hydrogens (tertiary/aromatic N) is 2. The minimum atomic E-state index is -0.0157. The number of aromatic nitrogens is 2. The van der Waals surface area contributed by atoms with Crippen LogP contribution in [0.1, 0.15) is 16.3 Å². The third kappa shape index (κ3) is 5.61. The smallest absolute Gasteiger partial charge is 0.226 e. The van der Waals surface area contributed by atoms with Crippen molar-refractivity contribution in [2.45, 2.75) is 19.3 Å². The fourth-order valence-corrected chi connectivity index (χ4v) is 2.66. The van der Waals surface area contributed by atoms with Crippen LogP contribution in [-0.4, -0.2) is 36.1 Å². The number of ether oxygens (including phenoxy) is 1. The van der Waals surface area contributed by atoms with E-state index in [1.807, 2.05) is 17.5 Å². The van der Waals surface area contributed by atoms with Crippen molar-refractivity contribution in [1.82, 2.24) is 15.3 Å². The summed E-state index contributed by atoms with van der Waals surface area (Å²) in [5.74, 6) is -0.0157. The normalized spacial score (nSPS) is 10.5. The van der Waals surface area contributed by atoms with Gasteiger partial charge in [-0.2, -0.15) is 0 Å². The number of methoxy groups -OCH3 is 1. The zero-order valence-electron chi connectivity index (χ0n) is 12.0. The molecule has 2 rings (SSSR count). The third-order valence-corrected chi connectivity index (χ3v) is 3.90. The highest BCUT2D eigenvalue weighted by atomic mass is 32.1. The Bertz CT molecular complexity index is 557. The number of amides is 1. The second kappa shape index (κ2) is 8.49. The predicted octanol–water partition coefficient (Wildman–Crippen LogP) is 1.63. The molecular weight excluding hydrogens is 286 g/mol. The quantitative estimate of drug-likeness (QED) is 0.753. The molecule has 6 heteroatoms. The molecule has 5 nitrogen and oxygen atoms in total. The molecule has 2 heterocycles. The molecular formula is C15H19N3O2S. The van der Waals surface area contributed by atoms with Gasteiger partial charge in [0.2, 0.25) is 5.91 Å². The summed E-state index contributed by atoms with van der Waals surface area (Å²) in [7, 11) is 1.61. The van der Waals surface area contributed by atoms with Crippen molar-refractivity contribution in [3.8, 4) is 0 Å². The third-order valence-electron chi connectivity index (χ3n) is 2.95. The molecule has 0 saturated heterocycles. The number of pyridine rings is 1. The maximum absolute atomic E-state index is 11.7. The first kappa shape index (κ1) is 15.6. The van der Waals surface area contributed by atoms with Gasteiger partial charge >= 0.3 is 0 Å². The Kier molecular flexibility index (Phi) is 6.30. The summed E-state index contributed by atoms with van der Waals surface area (Å²) in [4.78, 5) is 20.2. The lowest BCUT2D eigenvalue weighted by Gasteiger charge is -2.02. The summed E-state index contributed by atoms with van der Waals surface area (Å²) in [6.45, 7) is 1.06. The summed E-state index contributed by atoms with van der Waals surface area (Å²) in [5.41, 5.74) is 2.08. The largest absolute Gasteiger partial charge is 0.383 e. The SMILES string of the molecule is COCCNC(=O)Cc1csc(CCc2ccncc2)n1. The molecule has 2 aromatic rings. The van der Waals surface area contributed by atoms with Gasteiger partial charge in [0, 0.05) is 37.8 Å². The fraction of sp³-hybridized carbons (Fsp3) is 0.400. The molecule has 0 aliphatic rings. The summed E-state index contributed by atoms with van der Waals surface area (Å²) >= 11 is 1.61. The number of rotatable bonds is 8. The van der Waals surface area contributed by atoms with Gasteiger partial charge < -0.3 is 10.1 Å². The Morgan fingerprint density at radius 2 is 2.14 bits per heavy atom. The monoisotopic (exact) mass is 305 g/mol. The van der Waals surface area contributed by atoms with Crippen LogP contribution in [-0.2, 0) is 28.8 Å². The lowest BCUT2D eigenvalue weighted by Crippen LogP contribution is -2.28. The van der Waals surface area contributed by atoms with Gasteiger partial charge in [-0.3, -0.25) is 9.78 Å². The molecule has 0 aliphatic carbocycles. The average Bonchev–Trinajstić information content (AvgIpc) is 2.94. The van der Waals surface area contributed by atoms with Crippen LogP contribution in [0.5, 0.6) is 0 Å². The molecule has 112 valence electrons. The van der Waals surface area contributed by atoms with Crippen LogP contribution in [0.2, 0.25) is 0 Å². The van der Waals surface area contributed by atoms with E-state index >= 15 is 0 Å². The summed E-state index contributed by atoms with van der Waals surface area (Å²) in [6.07, 6.45) is 5.75. The Labute approximate surface area is 128 Å². The van der Waals surface area contributed by atoms with Crippen LogP contribution in [0.3, 0.4) is 0 Å². The number of thiazole rings is 1. The topological polar surface area (TPSA) is 64.1 Å². The summed E-state index contributed by atoms with van der Waals surface area (Å²) in [6, 6.07) is 4.02. The van der Waals surface area contributed by atoms with Crippen LogP contribution in [0.15, 0.2) is 29.9 Å². The lowest BCUT2D eigenvalue weighted by molar-refractivity contribution is -0.120. The fourth-order valence-electron chi connectivity index (χ4n) is 1.87. The second-order valence-corrected chi connectivity index (χ2v) is 5.55. The highest BCUT2D eigenvalue weighted by Crippen LogP contribution is 2.13. The molecule has 0 saturated carbocycles. The molecule has 0 aliphatic heterocycles. The molecule has 1 N–H and O–H groups in total. The average molecular weight is 305 g/mol. The van der Waals surface area contributed by atoms with Crippen molar-refractivity contribution in [2.24, 2.45) is 0 Å². The number of hydrogen-bond acceptors (Lipinski definition) is 5. The Balaban J connectivity index is 1.77. The Hall–Kier alpha value is -1.79. The number of carbonyl (C=O) groups excluding carboxylic acids is 1. The van der Waals surface area contributed by atoms with Crippen LogP contribution in [0.25, 0.3) is 0 Å². The molecule has 0 fully saturated rings. The van der Waals surface area contributed by atoms with E-state index in [9.17, 15) is 4.79 Å². The molecule has 0 unspecified atom stereocenters. The van der Waals surface area contributed by atoms with Gasteiger partial charge in [0.05, 0.1) is 23.7 Å². The van der Waals surface area contributed by atoms with Crippen molar-refractivity contribution in [3.63, 3.8) is 0 Å². The molecule has 0 radical (unpaired) electrons. The second-order valence-electron chi connectivity index (χ2n) is 4.61. The van der Waals surface area contributed by atoms with Gasteiger partial charge in [-0.05, 0) is 24.1 Å². The van der Waals surface area contributed by atoms with Gasteiger partial charge in [0.1, 0.15) is 0 Å². The minimum absolute atomic E-state index is 0.0157. The van der Waals surface area contributed by atoms with Crippen molar-refractivity contribution in [1.29, 1.82) is 0 Å². The van der Waals surface area contributed by atoms with Gasteiger partial charge in [-0.15, -0.1) is 11.3 Å². The molecule has 0 aromatic carbocycles. The van der Waals surface area contributed by atoms with E-state index in [1.54, 1.807) is 30.8 Å². The van der Waals surface area contributed by atoms with E-state index in [0.29, 0.717) is 19.6 Å². The highest BCUT2D eigenvalue weighted by Gasteiger charge is 2.07. The first-order valence-electron chi connectivity index (χ1n) is 6.85. The number of nitrogens with one attached hydrogen (secondary N) is 1. The zero-order valence-corrected chi connectivity index (χ0v) is 12.9. The van der Waals surface area contributed by atoms with E-state index in [2.05, 4.69) is 15.3 Å². The van der Waals surface area contributed by atoms with E-state index in [1.165, 1.54) is 5.56 Å². The van der Waals surface area contributed by atoms with Crippen LogP contribution in [0.4, 0.5) is 0 Å². The Morgan fingerprint density at radius 1 is 1.33 bits per heavy atom. The number of hydrogen-bond donors (Lipinski definition) is 1. The maximum atomic E-state index is 11.7. The van der Waals surface area contributed by atoms with E-state index in [-0.39, 0.29) is 5.91 Å². The molecule has 0 atom stereocenters. The van der Waals surface area contributed by atoms with Crippen molar-refractivity contribution in [3.05, 3.63) is 46.2 Å². The molecule has 21 heavy (non-hydrogen) atoms. The molecule has 2 aromatic heterocycles. The zero-order chi connectivity index (χ0) is 14.9. The molecule has 0 spiro atoms. The van der Waals surface area contributed by atoms with E-state index < -0.39 is 0 Å². The summed E-state index contributed by atoms with van der Waals surface area (Å²) < 4.78 is 4.89. The van der Waals surface area contributed by atoms with Crippen molar-refractivity contribution >= 4 is 17.2 Å². The highest BCUT2D eigenvalue weighted by molar-refractivity contribution is 7.09. The van der Waals surface area contributed by atoms with Gasteiger partial charge in [0.25, 0.3) is 0 Å². The minimum Gasteiger partial charge on any atom is -0.383 e. The maximum Gasteiger partial charge on any atom is 0.226 e. The van der Waals surface area contributed by atoms with E-state index in [4.69, 9.17) is 4.74 Å². The molecule has 0 bridgehead atoms. The van der Waals surface area contributed by atoms with Gasteiger partial charge in [0.15, 0.2) is 0 Å². The van der Waals surface area contributed by atoms with E-state index in [0.717, 1.165) is 23.5 Å².